The topological polar surface area (TPSA) is 78.9 Å². The predicted octanol–water partition coefficient (Wildman–Crippen LogP) is 0.461. The highest BCUT2D eigenvalue weighted by Crippen LogP contribution is 2.15. The number of aryl methyl sites for hydroxylation is 1. The molecule has 6 nitrogen and oxygen atoms in total. The molecule has 2 N–H and O–H groups in total. The van der Waals surface area contributed by atoms with E-state index in [0.29, 0.717) is 12.3 Å². The molecule has 0 amide bonds. The third-order valence-corrected chi connectivity index (χ3v) is 2.59. The Morgan fingerprint density at radius 3 is 2.76 bits per heavy atom. The maximum atomic E-state index is 6.08. The normalized spacial score (nSPS) is 12.4. The second-order valence-corrected chi connectivity index (χ2v) is 3.80. The third kappa shape index (κ3) is 2.59. The van der Waals surface area contributed by atoms with Crippen molar-refractivity contribution < 1.29 is 4.74 Å². The molecule has 6 heteroatoms. The van der Waals surface area contributed by atoms with Gasteiger partial charge in [0, 0.05) is 19.3 Å². The average Bonchev–Trinajstić information content (AvgIpc) is 2.76. The van der Waals surface area contributed by atoms with Crippen LogP contribution in [0.25, 0.3) is 0 Å². The first kappa shape index (κ1) is 11.5. The van der Waals surface area contributed by atoms with Crippen molar-refractivity contribution in [2.45, 2.75) is 12.5 Å². The van der Waals surface area contributed by atoms with E-state index in [1.807, 2.05) is 19.2 Å². The number of methoxy groups -OCH3 is 1. The molecule has 90 valence electrons. The lowest BCUT2D eigenvalue weighted by Crippen LogP contribution is -2.17. The number of hydrogen-bond acceptors (Lipinski definition) is 5. The van der Waals surface area contributed by atoms with E-state index in [2.05, 4.69) is 15.3 Å². The Balaban J connectivity index is 2.07. The van der Waals surface area contributed by atoms with E-state index in [9.17, 15) is 0 Å². The molecular formula is C11H15N5O. The van der Waals surface area contributed by atoms with Crippen molar-refractivity contribution >= 4 is 0 Å². The molecule has 1 unspecified atom stereocenters. The summed E-state index contributed by atoms with van der Waals surface area (Å²) in [5, 5.41) is 7.67. The Kier molecular flexibility index (Phi) is 3.34. The molecule has 0 aromatic carbocycles. The first-order chi connectivity index (χ1) is 8.20. The fourth-order valence-electron chi connectivity index (χ4n) is 1.64. The zero-order valence-electron chi connectivity index (χ0n) is 9.87. The molecule has 17 heavy (non-hydrogen) atoms. The van der Waals surface area contributed by atoms with Gasteiger partial charge in [-0.1, -0.05) is 11.3 Å². The van der Waals surface area contributed by atoms with Crippen molar-refractivity contribution in [3.63, 3.8) is 0 Å². The van der Waals surface area contributed by atoms with E-state index in [1.165, 1.54) is 0 Å². The number of nitrogens with two attached hydrogens (primary N) is 1. The van der Waals surface area contributed by atoms with Crippen LogP contribution in [-0.4, -0.2) is 27.1 Å². The second kappa shape index (κ2) is 4.92. The van der Waals surface area contributed by atoms with Crippen molar-refractivity contribution in [2.24, 2.45) is 12.8 Å². The number of nitrogens with zero attached hydrogens (tertiary/aromatic N) is 4. The van der Waals surface area contributed by atoms with Gasteiger partial charge in [-0.25, -0.2) is 4.98 Å². The smallest absolute Gasteiger partial charge is 0.212 e. The third-order valence-electron chi connectivity index (χ3n) is 2.59. The van der Waals surface area contributed by atoms with E-state index < -0.39 is 0 Å². The highest BCUT2D eigenvalue weighted by Gasteiger charge is 2.11. The van der Waals surface area contributed by atoms with E-state index in [4.69, 9.17) is 10.5 Å². The van der Waals surface area contributed by atoms with Crippen molar-refractivity contribution in [2.75, 3.05) is 7.11 Å². The highest BCUT2D eigenvalue weighted by molar-refractivity contribution is 5.20. The van der Waals surface area contributed by atoms with Gasteiger partial charge >= 0.3 is 0 Å². The van der Waals surface area contributed by atoms with Crippen LogP contribution in [0.15, 0.2) is 24.5 Å². The van der Waals surface area contributed by atoms with E-state index in [-0.39, 0.29) is 6.04 Å². The van der Waals surface area contributed by atoms with E-state index in [1.54, 1.807) is 24.2 Å². The maximum Gasteiger partial charge on any atom is 0.212 e. The van der Waals surface area contributed by atoms with Gasteiger partial charge in [0.05, 0.1) is 25.0 Å². The highest BCUT2D eigenvalue weighted by atomic mass is 16.5. The van der Waals surface area contributed by atoms with Gasteiger partial charge in [-0.3, -0.25) is 4.68 Å². The number of pyridine rings is 1. The van der Waals surface area contributed by atoms with Gasteiger partial charge in [-0.05, 0) is 12.0 Å². The van der Waals surface area contributed by atoms with Crippen LogP contribution in [0.5, 0.6) is 5.88 Å². The molecule has 0 fully saturated rings. The number of ether oxygens (including phenoxy) is 1. The van der Waals surface area contributed by atoms with Crippen molar-refractivity contribution in [3.05, 3.63) is 35.8 Å². The molecule has 0 bridgehead atoms. The molecule has 0 aliphatic heterocycles. The Labute approximate surface area is 99.4 Å². The molecule has 2 aromatic rings. The number of aromatic nitrogens is 4. The molecule has 0 spiro atoms. The summed E-state index contributed by atoms with van der Waals surface area (Å²) in [5.41, 5.74) is 8.04. The summed E-state index contributed by atoms with van der Waals surface area (Å²) in [5.74, 6) is 0.601. The fourth-order valence-corrected chi connectivity index (χ4v) is 1.64. The van der Waals surface area contributed by atoms with Crippen molar-refractivity contribution in [1.29, 1.82) is 0 Å². The average molecular weight is 233 g/mol. The Bertz CT molecular complexity index is 479. The molecule has 2 aromatic heterocycles. The lowest BCUT2D eigenvalue weighted by atomic mass is 10.1. The van der Waals surface area contributed by atoms with Gasteiger partial charge in [-0.15, -0.1) is 5.10 Å². The minimum Gasteiger partial charge on any atom is -0.481 e. The minimum absolute atomic E-state index is 0.134. The first-order valence-corrected chi connectivity index (χ1v) is 5.30. The summed E-state index contributed by atoms with van der Waals surface area (Å²) < 4.78 is 6.68. The van der Waals surface area contributed by atoms with Crippen molar-refractivity contribution in [1.82, 2.24) is 20.0 Å². The zero-order chi connectivity index (χ0) is 12.3. The lowest BCUT2D eigenvalue weighted by molar-refractivity contribution is 0.397. The van der Waals surface area contributed by atoms with Crippen LogP contribution < -0.4 is 10.5 Å². The molecule has 0 aliphatic carbocycles. The molecule has 1 atom stereocenters. The van der Waals surface area contributed by atoms with Gasteiger partial charge in [-0.2, -0.15) is 0 Å². The summed E-state index contributed by atoms with van der Waals surface area (Å²) in [6.07, 6.45) is 4.14. The standard InChI is InChI=1S/C11H15N5O/c1-16-10(7-14-15-16)9(12)5-8-3-4-11(17-2)13-6-8/h3-4,6-7,9H,5,12H2,1-2H3. The van der Waals surface area contributed by atoms with E-state index >= 15 is 0 Å². The molecular weight excluding hydrogens is 218 g/mol. The van der Waals surface area contributed by atoms with Crippen LogP contribution in [0.3, 0.4) is 0 Å². The van der Waals surface area contributed by atoms with Gasteiger partial charge < -0.3 is 10.5 Å². The summed E-state index contributed by atoms with van der Waals surface area (Å²) in [7, 11) is 3.42. The van der Waals surface area contributed by atoms with Crippen LogP contribution in [-0.2, 0) is 13.5 Å². The van der Waals surface area contributed by atoms with Crippen LogP contribution in [0, 0.1) is 0 Å². The summed E-state index contributed by atoms with van der Waals surface area (Å²) in [6.45, 7) is 0. The molecule has 0 saturated heterocycles. The summed E-state index contributed by atoms with van der Waals surface area (Å²) >= 11 is 0. The number of rotatable bonds is 4. The van der Waals surface area contributed by atoms with Crippen LogP contribution in [0.1, 0.15) is 17.3 Å². The van der Waals surface area contributed by atoms with Crippen molar-refractivity contribution in [3.8, 4) is 5.88 Å². The quantitative estimate of drug-likeness (QED) is 0.830. The zero-order valence-corrected chi connectivity index (χ0v) is 9.87. The Morgan fingerprint density at radius 2 is 2.24 bits per heavy atom. The minimum atomic E-state index is -0.134. The fraction of sp³-hybridized carbons (Fsp3) is 0.364. The lowest BCUT2D eigenvalue weighted by Gasteiger charge is -2.11. The first-order valence-electron chi connectivity index (χ1n) is 5.30. The largest absolute Gasteiger partial charge is 0.481 e. The maximum absolute atomic E-state index is 6.08. The van der Waals surface area contributed by atoms with Crippen LogP contribution in [0.4, 0.5) is 0 Å². The summed E-state index contributed by atoms with van der Waals surface area (Å²) in [6, 6.07) is 3.64. The molecule has 2 rings (SSSR count). The molecule has 2 heterocycles. The second-order valence-electron chi connectivity index (χ2n) is 3.80. The predicted molar refractivity (Wildman–Crippen MR) is 62.4 cm³/mol. The number of hydrogen-bond donors (Lipinski definition) is 1. The molecule has 0 radical (unpaired) electrons. The monoisotopic (exact) mass is 233 g/mol. The molecule has 0 aliphatic rings. The van der Waals surface area contributed by atoms with Gasteiger partial charge in [0.1, 0.15) is 0 Å². The molecule has 0 saturated carbocycles. The van der Waals surface area contributed by atoms with Gasteiger partial charge in [0.15, 0.2) is 0 Å². The summed E-state index contributed by atoms with van der Waals surface area (Å²) in [4.78, 5) is 4.14. The van der Waals surface area contributed by atoms with Crippen LogP contribution >= 0.6 is 0 Å². The van der Waals surface area contributed by atoms with Gasteiger partial charge in [0.25, 0.3) is 0 Å². The van der Waals surface area contributed by atoms with Crippen LogP contribution in [0.2, 0.25) is 0 Å². The van der Waals surface area contributed by atoms with E-state index in [0.717, 1.165) is 11.3 Å². The SMILES string of the molecule is COc1ccc(CC(N)c2cnnn2C)cn1. The van der Waals surface area contributed by atoms with Gasteiger partial charge in [0.2, 0.25) is 5.88 Å². The Morgan fingerprint density at radius 1 is 1.41 bits per heavy atom. The Hall–Kier alpha value is -1.95.